The molecule has 0 fully saturated rings. The number of hydrogen-bond donors (Lipinski definition) is 1. The molecule has 1 atom stereocenters. The second-order valence-corrected chi connectivity index (χ2v) is 7.56. The summed E-state index contributed by atoms with van der Waals surface area (Å²) in [6.45, 7) is 1.76. The molecule has 0 spiro atoms. The van der Waals surface area contributed by atoms with Gasteiger partial charge in [-0.1, -0.05) is 18.2 Å². The molecule has 0 saturated heterocycles. The van der Waals surface area contributed by atoms with Crippen molar-refractivity contribution < 1.29 is 18.0 Å². The standard InChI is InChI=1S/C19H16F3N5OS/c1-11(14-8-9-26(2)24-14)23-17(28)15-10-13-16(19(20,21)22)25-27(18(13)29-15)12-6-4-3-5-7-12/h3-11H,1-2H3,(H,23,28). The maximum absolute atomic E-state index is 13.5. The van der Waals surface area contributed by atoms with Gasteiger partial charge in [0.15, 0.2) is 5.69 Å². The highest BCUT2D eigenvalue weighted by Gasteiger charge is 2.38. The quantitative estimate of drug-likeness (QED) is 0.536. The molecule has 0 radical (unpaired) electrons. The molecule has 1 amide bonds. The monoisotopic (exact) mass is 419 g/mol. The minimum atomic E-state index is -4.63. The van der Waals surface area contributed by atoms with Gasteiger partial charge in [0.05, 0.1) is 22.3 Å². The Labute approximate surface area is 167 Å². The van der Waals surface area contributed by atoms with E-state index in [9.17, 15) is 18.0 Å². The first-order chi connectivity index (χ1) is 13.7. The molecule has 0 aliphatic rings. The molecule has 0 aliphatic heterocycles. The van der Waals surface area contributed by atoms with E-state index in [0.29, 0.717) is 11.4 Å². The molecule has 0 saturated carbocycles. The lowest BCUT2D eigenvalue weighted by Crippen LogP contribution is -2.26. The van der Waals surface area contributed by atoms with Crippen molar-refractivity contribution in [2.24, 2.45) is 7.05 Å². The molecule has 4 aromatic rings. The number of rotatable bonds is 4. The number of halogens is 3. The van der Waals surface area contributed by atoms with Gasteiger partial charge in [-0.15, -0.1) is 11.3 Å². The molecule has 3 aromatic heterocycles. The fourth-order valence-corrected chi connectivity index (χ4v) is 4.01. The van der Waals surface area contributed by atoms with Gasteiger partial charge in [-0.05, 0) is 31.2 Å². The minimum Gasteiger partial charge on any atom is -0.343 e. The molecule has 1 aromatic carbocycles. The van der Waals surface area contributed by atoms with Gasteiger partial charge >= 0.3 is 6.18 Å². The highest BCUT2D eigenvalue weighted by Crippen LogP contribution is 2.38. The third kappa shape index (κ3) is 3.63. The van der Waals surface area contributed by atoms with Crippen molar-refractivity contribution in [3.63, 3.8) is 0 Å². The normalized spacial score (nSPS) is 13.0. The fraction of sp³-hybridized carbons (Fsp3) is 0.211. The third-order valence-electron chi connectivity index (χ3n) is 4.38. The number of thiophene rings is 1. The third-order valence-corrected chi connectivity index (χ3v) is 5.49. The number of carbonyl (C=O) groups excluding carboxylic acids is 1. The fourth-order valence-electron chi connectivity index (χ4n) is 2.98. The number of alkyl halides is 3. The van der Waals surface area contributed by atoms with Crippen LogP contribution in [0.5, 0.6) is 0 Å². The predicted molar refractivity (Wildman–Crippen MR) is 103 cm³/mol. The van der Waals surface area contributed by atoms with Gasteiger partial charge in [-0.25, -0.2) is 4.68 Å². The number of nitrogens with one attached hydrogen (secondary N) is 1. The van der Waals surface area contributed by atoms with E-state index in [4.69, 9.17) is 0 Å². The van der Waals surface area contributed by atoms with Gasteiger partial charge in [0.25, 0.3) is 5.91 Å². The minimum absolute atomic E-state index is 0.0954. The van der Waals surface area contributed by atoms with Crippen LogP contribution in [0.25, 0.3) is 15.9 Å². The molecular formula is C19H16F3N5OS. The largest absolute Gasteiger partial charge is 0.435 e. The Hall–Kier alpha value is -3.14. The molecule has 4 rings (SSSR count). The number of para-hydroxylation sites is 1. The smallest absolute Gasteiger partial charge is 0.343 e. The van der Waals surface area contributed by atoms with Gasteiger partial charge in [0.2, 0.25) is 0 Å². The van der Waals surface area contributed by atoms with Gasteiger partial charge in [0, 0.05) is 18.6 Å². The highest BCUT2D eigenvalue weighted by molar-refractivity contribution is 7.20. The van der Waals surface area contributed by atoms with Gasteiger partial charge in [-0.2, -0.15) is 23.4 Å². The summed E-state index contributed by atoms with van der Waals surface area (Å²) in [6, 6.07) is 11.1. The van der Waals surface area contributed by atoms with Crippen molar-refractivity contribution in [2.45, 2.75) is 19.1 Å². The van der Waals surface area contributed by atoms with E-state index >= 15 is 0 Å². The zero-order chi connectivity index (χ0) is 20.8. The molecule has 0 bridgehead atoms. The lowest BCUT2D eigenvalue weighted by Gasteiger charge is -2.10. The van der Waals surface area contributed by atoms with Crippen LogP contribution in [0, 0.1) is 0 Å². The van der Waals surface area contributed by atoms with Crippen LogP contribution in [0.1, 0.15) is 34.0 Å². The molecule has 10 heteroatoms. The second kappa shape index (κ2) is 7.03. The van der Waals surface area contributed by atoms with E-state index in [0.717, 1.165) is 11.3 Å². The van der Waals surface area contributed by atoms with Crippen LogP contribution in [0.3, 0.4) is 0 Å². The Balaban J connectivity index is 1.73. The predicted octanol–water partition coefficient (Wildman–Crippen LogP) is 4.33. The Morgan fingerprint density at radius 1 is 1.17 bits per heavy atom. The van der Waals surface area contributed by atoms with Crippen LogP contribution < -0.4 is 5.32 Å². The van der Waals surface area contributed by atoms with E-state index in [1.807, 2.05) is 0 Å². The average Bonchev–Trinajstić information content (AvgIpc) is 3.36. The maximum atomic E-state index is 13.5. The summed E-state index contributed by atoms with van der Waals surface area (Å²) in [5, 5.41) is 10.7. The summed E-state index contributed by atoms with van der Waals surface area (Å²) in [7, 11) is 1.76. The first-order valence-corrected chi connectivity index (χ1v) is 9.51. The number of nitrogens with zero attached hydrogens (tertiary/aromatic N) is 4. The van der Waals surface area contributed by atoms with Crippen molar-refractivity contribution in [3.05, 3.63) is 64.9 Å². The summed E-state index contributed by atoms with van der Waals surface area (Å²) in [6.07, 6.45) is -2.88. The van der Waals surface area contributed by atoms with Crippen molar-refractivity contribution in [1.82, 2.24) is 24.9 Å². The highest BCUT2D eigenvalue weighted by atomic mass is 32.1. The molecule has 3 heterocycles. The van der Waals surface area contributed by atoms with E-state index in [1.165, 1.54) is 10.7 Å². The van der Waals surface area contributed by atoms with E-state index in [1.54, 1.807) is 61.2 Å². The van der Waals surface area contributed by atoms with Crippen molar-refractivity contribution in [1.29, 1.82) is 0 Å². The summed E-state index contributed by atoms with van der Waals surface area (Å²) < 4.78 is 43.4. The first kappa shape index (κ1) is 19.2. The Morgan fingerprint density at radius 3 is 2.52 bits per heavy atom. The molecule has 150 valence electrons. The number of benzene rings is 1. The van der Waals surface area contributed by atoms with Crippen LogP contribution in [0.4, 0.5) is 13.2 Å². The zero-order valence-corrected chi connectivity index (χ0v) is 16.3. The summed E-state index contributed by atoms with van der Waals surface area (Å²) in [5.41, 5.74) is 0.140. The molecule has 0 aliphatic carbocycles. The number of carbonyl (C=O) groups is 1. The van der Waals surface area contributed by atoms with E-state index in [-0.39, 0.29) is 21.1 Å². The van der Waals surface area contributed by atoms with E-state index < -0.39 is 17.8 Å². The Bertz CT molecular complexity index is 1180. The lowest BCUT2D eigenvalue weighted by molar-refractivity contribution is -0.140. The van der Waals surface area contributed by atoms with Gasteiger partial charge < -0.3 is 5.32 Å². The zero-order valence-electron chi connectivity index (χ0n) is 15.4. The molecule has 1 N–H and O–H groups in total. The lowest BCUT2D eigenvalue weighted by atomic mass is 10.2. The topological polar surface area (TPSA) is 64.7 Å². The van der Waals surface area contributed by atoms with E-state index in [2.05, 4.69) is 15.5 Å². The van der Waals surface area contributed by atoms with Crippen molar-refractivity contribution >= 4 is 27.5 Å². The van der Waals surface area contributed by atoms with Crippen LogP contribution >= 0.6 is 11.3 Å². The summed E-state index contributed by atoms with van der Waals surface area (Å²) in [4.78, 5) is 13.1. The molecule has 29 heavy (non-hydrogen) atoms. The SMILES string of the molecule is CC(NC(=O)c1cc2c(C(F)(F)F)nn(-c3ccccc3)c2s1)c1ccn(C)n1. The van der Waals surface area contributed by atoms with Gasteiger partial charge in [0.1, 0.15) is 4.83 Å². The molecule has 6 nitrogen and oxygen atoms in total. The van der Waals surface area contributed by atoms with Crippen LogP contribution in [-0.4, -0.2) is 25.5 Å². The summed E-state index contributed by atoms with van der Waals surface area (Å²) >= 11 is 0.969. The van der Waals surface area contributed by atoms with Crippen LogP contribution in [0.15, 0.2) is 48.7 Å². The molecular weight excluding hydrogens is 403 g/mol. The maximum Gasteiger partial charge on any atom is 0.435 e. The van der Waals surface area contributed by atoms with Gasteiger partial charge in [-0.3, -0.25) is 9.48 Å². The Kier molecular flexibility index (Phi) is 4.65. The first-order valence-electron chi connectivity index (χ1n) is 8.69. The number of fused-ring (bicyclic) bond motifs is 1. The number of aromatic nitrogens is 4. The number of hydrogen-bond acceptors (Lipinski definition) is 4. The van der Waals surface area contributed by atoms with Crippen LogP contribution in [-0.2, 0) is 13.2 Å². The van der Waals surface area contributed by atoms with Crippen molar-refractivity contribution in [3.8, 4) is 5.69 Å². The Morgan fingerprint density at radius 2 is 1.90 bits per heavy atom. The molecule has 1 unspecified atom stereocenters. The number of aryl methyl sites for hydroxylation is 1. The second-order valence-electron chi connectivity index (χ2n) is 6.53. The van der Waals surface area contributed by atoms with Crippen LogP contribution in [0.2, 0.25) is 0 Å². The van der Waals surface area contributed by atoms with Crippen molar-refractivity contribution in [2.75, 3.05) is 0 Å². The number of amides is 1. The average molecular weight is 419 g/mol. The summed E-state index contributed by atoms with van der Waals surface area (Å²) in [5.74, 6) is -0.461.